The van der Waals surface area contributed by atoms with Gasteiger partial charge in [-0.15, -0.1) is 0 Å². The molecule has 1 aromatic rings. The summed E-state index contributed by atoms with van der Waals surface area (Å²) in [7, 11) is 0. The summed E-state index contributed by atoms with van der Waals surface area (Å²) in [5.41, 5.74) is -0.231. The van der Waals surface area contributed by atoms with E-state index in [0.717, 1.165) is 5.56 Å². The maximum Gasteiger partial charge on any atom is 0.327 e. The number of urea groups is 1. The second-order valence-corrected chi connectivity index (χ2v) is 4.85. The van der Waals surface area contributed by atoms with Crippen LogP contribution in [0.2, 0.25) is 0 Å². The monoisotopic (exact) mass is 246 g/mol. The largest absolute Gasteiger partial charge is 0.381 e. The Morgan fingerprint density at radius 2 is 2.06 bits per heavy atom. The second-order valence-electron chi connectivity index (χ2n) is 4.85. The fourth-order valence-electron chi connectivity index (χ4n) is 2.75. The lowest BCUT2D eigenvalue weighted by atomic mass is 9.79. The molecule has 0 unspecified atom stereocenters. The van der Waals surface area contributed by atoms with Crippen LogP contribution in [-0.2, 0) is 10.4 Å². The third-order valence-electron chi connectivity index (χ3n) is 3.82. The highest BCUT2D eigenvalue weighted by atomic mass is 16.3. The molecule has 0 bridgehead atoms. The molecule has 0 aliphatic carbocycles. The lowest BCUT2D eigenvalue weighted by Gasteiger charge is -2.49. The molecule has 94 valence electrons. The summed E-state index contributed by atoms with van der Waals surface area (Å²) in [6.07, 6.45) is 0. The summed E-state index contributed by atoms with van der Waals surface area (Å²) in [5, 5.41) is 10.6. The predicted molar refractivity (Wildman–Crippen MR) is 63.6 cm³/mol. The van der Waals surface area contributed by atoms with Gasteiger partial charge < -0.3 is 10.0 Å². The maximum atomic E-state index is 11.8. The van der Waals surface area contributed by atoms with Gasteiger partial charge in [-0.3, -0.25) is 9.69 Å². The molecule has 0 radical (unpaired) electrons. The first-order valence-corrected chi connectivity index (χ1v) is 5.90. The number of carbonyl (C=O) groups excluding carboxylic acids is 2. The van der Waals surface area contributed by atoms with E-state index in [1.165, 1.54) is 11.8 Å². The normalized spacial score (nSPS) is 30.1. The molecule has 5 heteroatoms. The smallest absolute Gasteiger partial charge is 0.327 e. The number of benzene rings is 1. The fraction of sp³-hybridized carbons (Fsp3) is 0.385. The van der Waals surface area contributed by atoms with Crippen molar-refractivity contribution in [2.45, 2.75) is 18.6 Å². The predicted octanol–water partition coefficient (Wildman–Crippen LogP) is 0.540. The quantitative estimate of drug-likeness (QED) is 0.786. The molecule has 2 atom stereocenters. The Balaban J connectivity index is 1.89. The lowest BCUT2D eigenvalue weighted by molar-refractivity contribution is -0.127. The number of imide groups is 1. The Hall–Kier alpha value is -1.88. The van der Waals surface area contributed by atoms with Crippen molar-refractivity contribution in [2.75, 3.05) is 13.1 Å². The van der Waals surface area contributed by atoms with Gasteiger partial charge in [-0.25, -0.2) is 4.79 Å². The van der Waals surface area contributed by atoms with Gasteiger partial charge in [0, 0.05) is 6.92 Å². The molecule has 2 fully saturated rings. The van der Waals surface area contributed by atoms with Gasteiger partial charge in [-0.05, 0) is 5.56 Å². The van der Waals surface area contributed by atoms with E-state index in [1.807, 2.05) is 30.3 Å². The Labute approximate surface area is 105 Å². The van der Waals surface area contributed by atoms with E-state index in [1.54, 1.807) is 4.90 Å². The first kappa shape index (κ1) is 11.2. The summed E-state index contributed by atoms with van der Waals surface area (Å²) >= 11 is 0. The number of hydrogen-bond donors (Lipinski definition) is 1. The van der Waals surface area contributed by atoms with Crippen LogP contribution in [0.1, 0.15) is 12.5 Å². The molecular weight excluding hydrogens is 232 g/mol. The second kappa shape index (κ2) is 3.55. The van der Waals surface area contributed by atoms with Crippen molar-refractivity contribution in [1.29, 1.82) is 0 Å². The topological polar surface area (TPSA) is 60.9 Å². The summed E-state index contributed by atoms with van der Waals surface area (Å²) in [4.78, 5) is 25.9. The van der Waals surface area contributed by atoms with Gasteiger partial charge in [0.05, 0.1) is 19.1 Å². The Kier molecular flexibility index (Phi) is 2.22. The molecule has 3 amide bonds. The zero-order valence-corrected chi connectivity index (χ0v) is 10.0. The molecule has 18 heavy (non-hydrogen) atoms. The number of nitrogens with zero attached hydrogens (tertiary/aromatic N) is 2. The molecule has 2 saturated heterocycles. The third kappa shape index (κ3) is 1.31. The summed E-state index contributed by atoms with van der Waals surface area (Å²) < 4.78 is 0. The molecule has 2 heterocycles. The van der Waals surface area contributed by atoms with Crippen molar-refractivity contribution in [1.82, 2.24) is 9.80 Å². The van der Waals surface area contributed by atoms with Crippen LogP contribution in [0, 0.1) is 0 Å². The minimum atomic E-state index is -1.03. The van der Waals surface area contributed by atoms with Crippen molar-refractivity contribution in [3.8, 4) is 0 Å². The molecule has 0 aromatic heterocycles. The summed E-state index contributed by atoms with van der Waals surface area (Å²) in [6, 6.07) is 8.66. The van der Waals surface area contributed by atoms with E-state index in [4.69, 9.17) is 0 Å². The van der Waals surface area contributed by atoms with Gasteiger partial charge in [0.2, 0.25) is 5.91 Å². The Morgan fingerprint density at radius 3 is 2.67 bits per heavy atom. The maximum absolute atomic E-state index is 11.8. The van der Waals surface area contributed by atoms with E-state index < -0.39 is 5.60 Å². The fourth-order valence-corrected chi connectivity index (χ4v) is 2.75. The number of fused-ring (bicyclic) bond motifs is 1. The van der Waals surface area contributed by atoms with Gasteiger partial charge in [-0.1, -0.05) is 30.3 Å². The van der Waals surface area contributed by atoms with Crippen LogP contribution in [-0.4, -0.2) is 46.0 Å². The molecule has 0 saturated carbocycles. The van der Waals surface area contributed by atoms with Gasteiger partial charge in [-0.2, -0.15) is 0 Å². The molecule has 2 aliphatic rings. The average Bonchev–Trinajstić information content (AvgIpc) is 2.63. The number of carbonyl (C=O) groups is 2. The molecule has 2 aliphatic heterocycles. The van der Waals surface area contributed by atoms with Crippen LogP contribution in [0.3, 0.4) is 0 Å². The average molecular weight is 246 g/mol. The van der Waals surface area contributed by atoms with E-state index >= 15 is 0 Å². The number of aliphatic hydroxyl groups is 1. The van der Waals surface area contributed by atoms with Crippen LogP contribution in [0.5, 0.6) is 0 Å². The first-order chi connectivity index (χ1) is 8.54. The van der Waals surface area contributed by atoms with Crippen LogP contribution in [0.25, 0.3) is 0 Å². The standard InChI is InChI=1S/C13H14N2O3/c1-9(16)14-7-11-13(18,8-15(11)12(14)17)10-5-3-2-4-6-10/h2-6,11,18H,7-8H2,1H3/t11-,13-/m1/s1. The van der Waals surface area contributed by atoms with Crippen molar-refractivity contribution >= 4 is 11.9 Å². The van der Waals surface area contributed by atoms with Gasteiger partial charge in [0.1, 0.15) is 5.60 Å². The SMILES string of the molecule is CC(=O)N1C[C@H]2N(C[C@@]2(O)c2ccccc2)C1=O. The summed E-state index contributed by atoms with van der Waals surface area (Å²) in [5.74, 6) is -0.273. The van der Waals surface area contributed by atoms with Gasteiger partial charge >= 0.3 is 6.03 Å². The van der Waals surface area contributed by atoms with E-state index in [2.05, 4.69) is 0 Å². The molecule has 5 nitrogen and oxygen atoms in total. The Bertz CT molecular complexity index is 516. The zero-order chi connectivity index (χ0) is 12.9. The van der Waals surface area contributed by atoms with Crippen molar-refractivity contribution in [3.63, 3.8) is 0 Å². The van der Waals surface area contributed by atoms with Gasteiger partial charge in [0.15, 0.2) is 0 Å². The van der Waals surface area contributed by atoms with Crippen LogP contribution >= 0.6 is 0 Å². The zero-order valence-electron chi connectivity index (χ0n) is 10.0. The lowest BCUT2D eigenvalue weighted by Crippen LogP contribution is -2.66. The van der Waals surface area contributed by atoms with Crippen molar-refractivity contribution < 1.29 is 14.7 Å². The Morgan fingerprint density at radius 1 is 1.39 bits per heavy atom. The van der Waals surface area contributed by atoms with Crippen LogP contribution < -0.4 is 0 Å². The van der Waals surface area contributed by atoms with Crippen molar-refractivity contribution in [3.05, 3.63) is 35.9 Å². The molecule has 1 N–H and O–H groups in total. The van der Waals surface area contributed by atoms with Crippen LogP contribution in [0.4, 0.5) is 4.79 Å². The van der Waals surface area contributed by atoms with E-state index in [9.17, 15) is 14.7 Å². The summed E-state index contributed by atoms with van der Waals surface area (Å²) in [6.45, 7) is 1.88. The molecule has 1 aromatic carbocycles. The van der Waals surface area contributed by atoms with Gasteiger partial charge in [0.25, 0.3) is 0 Å². The number of rotatable bonds is 1. The number of amides is 3. The third-order valence-corrected chi connectivity index (χ3v) is 3.82. The molecule has 3 rings (SSSR count). The highest BCUT2D eigenvalue weighted by Crippen LogP contribution is 2.42. The minimum Gasteiger partial charge on any atom is -0.381 e. The highest BCUT2D eigenvalue weighted by Gasteiger charge is 2.60. The number of hydrogen-bond acceptors (Lipinski definition) is 3. The van der Waals surface area contributed by atoms with Crippen LogP contribution in [0.15, 0.2) is 30.3 Å². The molecular formula is C13H14N2O3. The highest BCUT2D eigenvalue weighted by molar-refractivity contribution is 5.96. The first-order valence-electron chi connectivity index (χ1n) is 5.90. The molecule has 0 spiro atoms. The minimum absolute atomic E-state index is 0.254. The van der Waals surface area contributed by atoms with E-state index in [0.29, 0.717) is 0 Å². The van der Waals surface area contributed by atoms with Crippen molar-refractivity contribution in [2.24, 2.45) is 0 Å². The van der Waals surface area contributed by atoms with E-state index in [-0.39, 0.29) is 31.1 Å².